The van der Waals surface area contributed by atoms with E-state index in [1.807, 2.05) is 0 Å². The summed E-state index contributed by atoms with van der Waals surface area (Å²) >= 11 is 0. The summed E-state index contributed by atoms with van der Waals surface area (Å²) in [6.45, 7) is 14.4. The zero-order chi connectivity index (χ0) is 14.7. The normalized spacial score (nSPS) is 32.8. The SMILES string of the molecule is CC(C(=O)C(C)N1CCNC[C@H]1C)N1CCNC[C@H]1C. The molecule has 0 amide bonds. The van der Waals surface area contributed by atoms with Crippen molar-refractivity contribution in [1.82, 2.24) is 20.4 Å². The highest BCUT2D eigenvalue weighted by molar-refractivity contribution is 5.88. The van der Waals surface area contributed by atoms with Crippen LogP contribution in [0.4, 0.5) is 0 Å². The average molecular weight is 282 g/mol. The van der Waals surface area contributed by atoms with Gasteiger partial charge in [0.15, 0.2) is 5.78 Å². The zero-order valence-corrected chi connectivity index (χ0v) is 13.4. The van der Waals surface area contributed by atoms with Gasteiger partial charge in [-0.2, -0.15) is 0 Å². The third kappa shape index (κ3) is 3.39. The van der Waals surface area contributed by atoms with Crippen molar-refractivity contribution in [2.45, 2.75) is 51.9 Å². The predicted octanol–water partition coefficient (Wildman–Crippen LogP) is -0.0801. The fourth-order valence-electron chi connectivity index (χ4n) is 3.54. The molecule has 5 heteroatoms. The Kier molecular flexibility index (Phi) is 5.55. The molecule has 2 aliphatic heterocycles. The van der Waals surface area contributed by atoms with Gasteiger partial charge in [-0.3, -0.25) is 14.6 Å². The van der Waals surface area contributed by atoms with Crippen molar-refractivity contribution in [1.29, 1.82) is 0 Å². The molecule has 2 rings (SSSR count). The first-order valence-corrected chi connectivity index (χ1v) is 7.99. The molecule has 2 N–H and O–H groups in total. The van der Waals surface area contributed by atoms with Crippen LogP contribution in [0.2, 0.25) is 0 Å². The van der Waals surface area contributed by atoms with Gasteiger partial charge >= 0.3 is 0 Å². The highest BCUT2D eigenvalue weighted by Crippen LogP contribution is 2.15. The summed E-state index contributed by atoms with van der Waals surface area (Å²) in [6.07, 6.45) is 0. The van der Waals surface area contributed by atoms with Gasteiger partial charge in [0.1, 0.15) is 0 Å². The summed E-state index contributed by atoms with van der Waals surface area (Å²) in [5.41, 5.74) is 0. The van der Waals surface area contributed by atoms with Gasteiger partial charge in [0, 0.05) is 51.4 Å². The summed E-state index contributed by atoms with van der Waals surface area (Å²) in [7, 11) is 0. The van der Waals surface area contributed by atoms with E-state index in [-0.39, 0.29) is 12.1 Å². The van der Waals surface area contributed by atoms with Crippen LogP contribution in [-0.4, -0.2) is 79.0 Å². The number of Topliss-reactive ketones (excluding diaryl/α,β-unsaturated/α-hetero) is 1. The van der Waals surface area contributed by atoms with Gasteiger partial charge in [0.05, 0.1) is 12.1 Å². The van der Waals surface area contributed by atoms with Gasteiger partial charge < -0.3 is 10.6 Å². The van der Waals surface area contributed by atoms with Crippen molar-refractivity contribution in [3.63, 3.8) is 0 Å². The lowest BCUT2D eigenvalue weighted by Gasteiger charge is -2.42. The van der Waals surface area contributed by atoms with Gasteiger partial charge in [-0.15, -0.1) is 0 Å². The van der Waals surface area contributed by atoms with Gasteiger partial charge in [0.2, 0.25) is 0 Å². The molecule has 0 saturated carbocycles. The van der Waals surface area contributed by atoms with E-state index in [1.54, 1.807) is 0 Å². The van der Waals surface area contributed by atoms with Crippen LogP contribution in [0, 0.1) is 0 Å². The lowest BCUT2D eigenvalue weighted by atomic mass is 10.0. The van der Waals surface area contributed by atoms with Gasteiger partial charge in [-0.1, -0.05) is 0 Å². The maximum Gasteiger partial charge on any atom is 0.166 e. The number of ketones is 1. The minimum Gasteiger partial charge on any atom is -0.314 e. The van der Waals surface area contributed by atoms with E-state index < -0.39 is 0 Å². The summed E-state index contributed by atoms with van der Waals surface area (Å²) in [5, 5.41) is 6.77. The van der Waals surface area contributed by atoms with Crippen LogP contribution in [-0.2, 0) is 4.79 Å². The molecular formula is C15H30N4O. The second-order valence-electron chi connectivity index (χ2n) is 6.34. The Morgan fingerprint density at radius 3 is 1.70 bits per heavy atom. The number of hydrogen-bond acceptors (Lipinski definition) is 5. The molecule has 20 heavy (non-hydrogen) atoms. The van der Waals surface area contributed by atoms with Gasteiger partial charge in [-0.25, -0.2) is 0 Å². The van der Waals surface area contributed by atoms with E-state index >= 15 is 0 Å². The minimum absolute atomic E-state index is 0.0178. The Hall–Kier alpha value is -0.490. The highest BCUT2D eigenvalue weighted by atomic mass is 16.1. The number of carbonyl (C=O) groups excluding carboxylic acids is 1. The number of piperazine rings is 2. The lowest BCUT2D eigenvalue weighted by molar-refractivity contribution is -0.130. The molecule has 2 saturated heterocycles. The van der Waals surface area contributed by atoms with Crippen molar-refractivity contribution in [2.24, 2.45) is 0 Å². The van der Waals surface area contributed by atoms with Crippen molar-refractivity contribution in [3.05, 3.63) is 0 Å². The molecule has 0 aromatic heterocycles. The highest BCUT2D eigenvalue weighted by Gasteiger charge is 2.34. The fraction of sp³-hybridized carbons (Fsp3) is 0.933. The summed E-state index contributed by atoms with van der Waals surface area (Å²) < 4.78 is 0. The first-order valence-electron chi connectivity index (χ1n) is 7.99. The van der Waals surface area contributed by atoms with E-state index in [2.05, 4.69) is 48.1 Å². The second kappa shape index (κ2) is 6.98. The monoisotopic (exact) mass is 282 g/mol. The van der Waals surface area contributed by atoms with E-state index in [0.717, 1.165) is 39.3 Å². The maximum absolute atomic E-state index is 12.8. The second-order valence-corrected chi connectivity index (χ2v) is 6.34. The fourth-order valence-corrected chi connectivity index (χ4v) is 3.54. The van der Waals surface area contributed by atoms with Gasteiger partial charge in [0.25, 0.3) is 0 Å². The zero-order valence-electron chi connectivity index (χ0n) is 13.4. The Morgan fingerprint density at radius 2 is 1.35 bits per heavy atom. The maximum atomic E-state index is 12.8. The molecule has 2 fully saturated rings. The molecule has 0 bridgehead atoms. The molecule has 2 unspecified atom stereocenters. The predicted molar refractivity (Wildman–Crippen MR) is 82.0 cm³/mol. The quantitative estimate of drug-likeness (QED) is 0.755. The van der Waals surface area contributed by atoms with Crippen molar-refractivity contribution in [2.75, 3.05) is 39.3 Å². The van der Waals surface area contributed by atoms with Crippen molar-refractivity contribution < 1.29 is 4.79 Å². The summed E-state index contributed by atoms with van der Waals surface area (Å²) in [5.74, 6) is 0.368. The first kappa shape index (κ1) is 15.9. The topological polar surface area (TPSA) is 47.6 Å². The molecular weight excluding hydrogens is 252 g/mol. The number of hydrogen-bond donors (Lipinski definition) is 2. The Labute approximate surface area is 123 Å². The van der Waals surface area contributed by atoms with Gasteiger partial charge in [-0.05, 0) is 27.7 Å². The number of nitrogens with one attached hydrogen (secondary N) is 2. The molecule has 0 aromatic rings. The molecule has 2 aliphatic rings. The average Bonchev–Trinajstić information content (AvgIpc) is 2.46. The van der Waals surface area contributed by atoms with Crippen LogP contribution < -0.4 is 10.6 Å². The third-order valence-corrected chi connectivity index (χ3v) is 4.92. The molecule has 0 aliphatic carbocycles. The first-order chi connectivity index (χ1) is 9.52. The number of nitrogens with zero attached hydrogens (tertiary/aromatic N) is 2. The van der Waals surface area contributed by atoms with Crippen molar-refractivity contribution >= 4 is 5.78 Å². The molecule has 5 nitrogen and oxygen atoms in total. The van der Waals surface area contributed by atoms with E-state index in [4.69, 9.17) is 0 Å². The Balaban J connectivity index is 1.98. The molecule has 2 heterocycles. The largest absolute Gasteiger partial charge is 0.314 e. The standard InChI is InChI=1S/C15H30N4O/c1-11-9-16-5-7-18(11)13(3)15(20)14(4)19-8-6-17-10-12(19)2/h11-14,16-17H,5-10H2,1-4H3/t11-,12-,13?,14?/m1/s1. The smallest absolute Gasteiger partial charge is 0.166 e. The number of rotatable bonds is 4. The van der Waals surface area contributed by atoms with E-state index in [9.17, 15) is 4.79 Å². The van der Waals surface area contributed by atoms with Crippen LogP contribution in [0.3, 0.4) is 0 Å². The lowest BCUT2D eigenvalue weighted by Crippen LogP contribution is -2.60. The summed E-state index contributed by atoms with van der Waals surface area (Å²) in [4.78, 5) is 17.5. The Morgan fingerprint density at radius 1 is 0.950 bits per heavy atom. The minimum atomic E-state index is 0.0178. The third-order valence-electron chi connectivity index (χ3n) is 4.92. The molecule has 4 atom stereocenters. The molecule has 0 aromatic carbocycles. The molecule has 0 spiro atoms. The van der Waals surface area contributed by atoms with Crippen LogP contribution >= 0.6 is 0 Å². The number of carbonyl (C=O) groups is 1. The van der Waals surface area contributed by atoms with Crippen LogP contribution in [0.5, 0.6) is 0 Å². The Bertz CT molecular complexity index is 306. The molecule has 116 valence electrons. The summed E-state index contributed by atoms with van der Waals surface area (Å²) in [6, 6.07) is 0.916. The van der Waals surface area contributed by atoms with E-state index in [1.165, 1.54) is 0 Å². The van der Waals surface area contributed by atoms with Crippen LogP contribution in [0.15, 0.2) is 0 Å². The van der Waals surface area contributed by atoms with Crippen LogP contribution in [0.25, 0.3) is 0 Å². The van der Waals surface area contributed by atoms with Crippen LogP contribution in [0.1, 0.15) is 27.7 Å². The molecule has 0 radical (unpaired) electrons. The van der Waals surface area contributed by atoms with E-state index in [0.29, 0.717) is 17.9 Å². The van der Waals surface area contributed by atoms with Crippen molar-refractivity contribution in [3.8, 4) is 0 Å².